The van der Waals surface area contributed by atoms with E-state index in [0.717, 1.165) is 25.0 Å². The molecule has 1 rings (SSSR count). The second-order valence-corrected chi connectivity index (χ2v) is 8.52. The highest BCUT2D eigenvalue weighted by Crippen LogP contribution is 2.32. The van der Waals surface area contributed by atoms with Crippen molar-refractivity contribution in [1.29, 1.82) is 0 Å². The lowest BCUT2D eigenvalue weighted by Crippen LogP contribution is -2.39. The summed E-state index contributed by atoms with van der Waals surface area (Å²) in [6.07, 6.45) is 16.4. The van der Waals surface area contributed by atoms with Gasteiger partial charge in [0.15, 0.2) is 0 Å². The van der Waals surface area contributed by atoms with Gasteiger partial charge in [0, 0.05) is 6.54 Å². The molecule has 1 heterocycles. The normalized spacial score (nSPS) is 20.2. The summed E-state index contributed by atoms with van der Waals surface area (Å²) >= 11 is 0. The third kappa shape index (κ3) is 9.42. The van der Waals surface area contributed by atoms with Gasteiger partial charge in [-0.25, -0.2) is 0 Å². The summed E-state index contributed by atoms with van der Waals surface area (Å²) in [6.45, 7) is 12.6. The zero-order valence-electron chi connectivity index (χ0n) is 17.2. The minimum Gasteiger partial charge on any atom is -0.375 e. The third-order valence-corrected chi connectivity index (χ3v) is 5.89. The molecule has 0 amide bonds. The molecule has 1 saturated heterocycles. The second-order valence-electron chi connectivity index (χ2n) is 8.52. The minimum absolute atomic E-state index is 0.0377. The summed E-state index contributed by atoms with van der Waals surface area (Å²) in [5.41, 5.74) is 0.0377. The van der Waals surface area contributed by atoms with E-state index in [4.69, 9.17) is 4.74 Å². The fourth-order valence-corrected chi connectivity index (χ4v) is 3.98. The molecule has 2 unspecified atom stereocenters. The zero-order valence-corrected chi connectivity index (χ0v) is 17.2. The van der Waals surface area contributed by atoms with Crippen molar-refractivity contribution in [3.63, 3.8) is 0 Å². The molecule has 1 fully saturated rings. The lowest BCUT2D eigenvalue weighted by Gasteiger charge is -2.37. The van der Waals surface area contributed by atoms with E-state index in [0.29, 0.717) is 0 Å². The van der Waals surface area contributed by atoms with E-state index in [1.807, 2.05) is 0 Å². The van der Waals surface area contributed by atoms with Gasteiger partial charge in [-0.2, -0.15) is 0 Å². The van der Waals surface area contributed by atoms with Crippen molar-refractivity contribution in [2.45, 2.75) is 110 Å². The maximum atomic E-state index is 6.48. The van der Waals surface area contributed by atoms with Crippen molar-refractivity contribution in [3.8, 4) is 0 Å². The molecule has 1 aliphatic heterocycles. The Labute approximate surface area is 152 Å². The number of rotatable bonds is 14. The number of unbranched alkanes of at least 4 members (excludes halogenated alkanes) is 6. The first-order valence-corrected chi connectivity index (χ1v) is 10.9. The Balaban J connectivity index is 2.35. The fourth-order valence-electron chi connectivity index (χ4n) is 3.98. The Morgan fingerprint density at radius 2 is 1.62 bits per heavy atom. The molecule has 2 heteroatoms. The van der Waals surface area contributed by atoms with E-state index >= 15 is 0 Å². The molecule has 1 N–H and O–H groups in total. The Morgan fingerprint density at radius 3 is 2.29 bits per heavy atom. The predicted octanol–water partition coefficient (Wildman–Crippen LogP) is 6.34. The van der Waals surface area contributed by atoms with Crippen LogP contribution in [0.15, 0.2) is 0 Å². The molecule has 0 aromatic heterocycles. The highest BCUT2D eigenvalue weighted by molar-refractivity contribution is 4.81. The van der Waals surface area contributed by atoms with Crippen molar-refractivity contribution in [3.05, 3.63) is 0 Å². The van der Waals surface area contributed by atoms with Crippen LogP contribution in [-0.4, -0.2) is 25.3 Å². The zero-order chi connectivity index (χ0) is 17.7. The lowest BCUT2D eigenvalue weighted by atomic mass is 9.82. The van der Waals surface area contributed by atoms with Gasteiger partial charge in [-0.15, -0.1) is 0 Å². The molecular weight excluding hydrogens is 294 g/mol. The van der Waals surface area contributed by atoms with Gasteiger partial charge in [-0.05, 0) is 57.9 Å². The van der Waals surface area contributed by atoms with Gasteiger partial charge in [0.1, 0.15) is 0 Å². The minimum atomic E-state index is 0.0377. The van der Waals surface area contributed by atoms with E-state index in [9.17, 15) is 0 Å². The Hall–Kier alpha value is -0.0800. The molecule has 1 aliphatic rings. The number of hydrogen-bond acceptors (Lipinski definition) is 2. The van der Waals surface area contributed by atoms with Gasteiger partial charge in [0.25, 0.3) is 0 Å². The standard InChI is InChI=1S/C22H45NO/c1-5-7-9-10-11-12-16-21(15-8-6-2)22(3,4)24-19-20-14-13-17-23-18-20/h20-21,23H,5-19H2,1-4H3. The van der Waals surface area contributed by atoms with E-state index in [2.05, 4.69) is 33.0 Å². The summed E-state index contributed by atoms with van der Waals surface area (Å²) in [7, 11) is 0. The van der Waals surface area contributed by atoms with Gasteiger partial charge >= 0.3 is 0 Å². The maximum absolute atomic E-state index is 6.48. The second kappa shape index (κ2) is 13.2. The van der Waals surface area contributed by atoms with E-state index in [1.54, 1.807) is 0 Å². The van der Waals surface area contributed by atoms with Gasteiger partial charge in [-0.1, -0.05) is 65.2 Å². The number of piperidine rings is 1. The van der Waals surface area contributed by atoms with Crippen molar-refractivity contribution in [2.24, 2.45) is 11.8 Å². The molecule has 0 aliphatic carbocycles. The fraction of sp³-hybridized carbons (Fsp3) is 1.00. The average Bonchev–Trinajstić information content (AvgIpc) is 2.59. The molecule has 0 aromatic carbocycles. The summed E-state index contributed by atoms with van der Waals surface area (Å²) in [6, 6.07) is 0. The van der Waals surface area contributed by atoms with Crippen LogP contribution in [0.4, 0.5) is 0 Å². The number of nitrogens with one attached hydrogen (secondary N) is 1. The van der Waals surface area contributed by atoms with Crippen LogP contribution in [0.2, 0.25) is 0 Å². The van der Waals surface area contributed by atoms with Crippen LogP contribution in [0, 0.1) is 11.8 Å². The van der Waals surface area contributed by atoms with Crippen molar-refractivity contribution in [1.82, 2.24) is 5.32 Å². The molecule has 0 aromatic rings. The highest BCUT2D eigenvalue weighted by atomic mass is 16.5. The van der Waals surface area contributed by atoms with Gasteiger partial charge in [-0.3, -0.25) is 0 Å². The van der Waals surface area contributed by atoms with Crippen LogP contribution in [0.5, 0.6) is 0 Å². The van der Waals surface area contributed by atoms with E-state index in [1.165, 1.54) is 83.6 Å². The van der Waals surface area contributed by atoms with Crippen LogP contribution in [0.3, 0.4) is 0 Å². The molecule has 0 bridgehead atoms. The Morgan fingerprint density at radius 1 is 0.958 bits per heavy atom. The first kappa shape index (κ1) is 22.0. The van der Waals surface area contributed by atoms with Crippen molar-refractivity contribution in [2.75, 3.05) is 19.7 Å². The van der Waals surface area contributed by atoms with Crippen molar-refractivity contribution >= 4 is 0 Å². The van der Waals surface area contributed by atoms with Crippen LogP contribution in [0.25, 0.3) is 0 Å². The highest BCUT2D eigenvalue weighted by Gasteiger charge is 2.30. The molecule has 0 saturated carbocycles. The Bertz CT molecular complexity index is 284. The molecule has 0 spiro atoms. The maximum Gasteiger partial charge on any atom is 0.0654 e. The number of ether oxygens (including phenoxy) is 1. The quantitative estimate of drug-likeness (QED) is 0.373. The monoisotopic (exact) mass is 339 g/mol. The first-order chi connectivity index (χ1) is 11.6. The predicted molar refractivity (Wildman–Crippen MR) is 107 cm³/mol. The topological polar surface area (TPSA) is 21.3 Å². The molecular formula is C22H45NO. The largest absolute Gasteiger partial charge is 0.375 e. The van der Waals surface area contributed by atoms with Crippen LogP contribution in [-0.2, 0) is 4.74 Å². The third-order valence-electron chi connectivity index (χ3n) is 5.89. The summed E-state index contributed by atoms with van der Waals surface area (Å²) in [5.74, 6) is 1.44. The van der Waals surface area contributed by atoms with Crippen LogP contribution < -0.4 is 5.32 Å². The molecule has 2 atom stereocenters. The molecule has 2 nitrogen and oxygen atoms in total. The van der Waals surface area contributed by atoms with E-state index in [-0.39, 0.29) is 5.60 Å². The van der Waals surface area contributed by atoms with E-state index < -0.39 is 0 Å². The van der Waals surface area contributed by atoms with Gasteiger partial charge in [0.2, 0.25) is 0 Å². The Kier molecular flexibility index (Phi) is 12.0. The molecule has 144 valence electrons. The smallest absolute Gasteiger partial charge is 0.0654 e. The lowest BCUT2D eigenvalue weighted by molar-refractivity contribution is -0.0813. The average molecular weight is 340 g/mol. The summed E-state index contributed by atoms with van der Waals surface area (Å²) < 4.78 is 6.48. The summed E-state index contributed by atoms with van der Waals surface area (Å²) in [5, 5.41) is 3.51. The van der Waals surface area contributed by atoms with Gasteiger partial charge < -0.3 is 10.1 Å². The van der Waals surface area contributed by atoms with Crippen LogP contribution in [0.1, 0.15) is 105 Å². The van der Waals surface area contributed by atoms with Gasteiger partial charge in [0.05, 0.1) is 12.2 Å². The molecule has 24 heavy (non-hydrogen) atoms. The first-order valence-electron chi connectivity index (χ1n) is 10.9. The number of hydrogen-bond donors (Lipinski definition) is 1. The molecule has 0 radical (unpaired) electrons. The SMILES string of the molecule is CCCCCCCCC(CCCC)C(C)(C)OCC1CCCNC1. The van der Waals surface area contributed by atoms with Crippen molar-refractivity contribution < 1.29 is 4.74 Å². The van der Waals surface area contributed by atoms with Crippen LogP contribution >= 0.6 is 0 Å². The summed E-state index contributed by atoms with van der Waals surface area (Å²) in [4.78, 5) is 0.